The Bertz CT molecular complexity index is 457. The minimum atomic E-state index is 0.969. The molecule has 0 saturated carbocycles. The third-order valence-corrected chi connectivity index (χ3v) is 3.38. The summed E-state index contributed by atoms with van der Waals surface area (Å²) in [6, 6.07) is 12.5. The van der Waals surface area contributed by atoms with Crippen molar-refractivity contribution in [1.82, 2.24) is 4.98 Å². The third-order valence-electron chi connectivity index (χ3n) is 2.37. The van der Waals surface area contributed by atoms with Gasteiger partial charge in [0, 0.05) is 35.3 Å². The van der Waals surface area contributed by atoms with Crippen molar-refractivity contribution in [3.63, 3.8) is 0 Å². The lowest BCUT2D eigenvalue weighted by Crippen LogP contribution is -2.03. The highest BCUT2D eigenvalue weighted by atomic mass is 32.2. The molecule has 1 aromatic heterocycles. The third kappa shape index (κ3) is 4.11. The Kier molecular flexibility index (Phi) is 4.45. The van der Waals surface area contributed by atoms with Gasteiger partial charge in [-0.05, 0) is 36.8 Å². The number of nitrogens with zero attached hydrogens (tertiary/aromatic N) is 1. The molecule has 0 spiro atoms. The van der Waals surface area contributed by atoms with Gasteiger partial charge in [-0.3, -0.25) is 4.98 Å². The van der Waals surface area contributed by atoms with Gasteiger partial charge in [-0.2, -0.15) is 0 Å². The number of thioether (sulfide) groups is 1. The molecule has 17 heavy (non-hydrogen) atoms. The van der Waals surface area contributed by atoms with Crippen LogP contribution in [-0.4, -0.2) is 17.3 Å². The lowest BCUT2D eigenvalue weighted by atomic mass is 10.2. The van der Waals surface area contributed by atoms with Crippen LogP contribution in [0.25, 0.3) is 0 Å². The Morgan fingerprint density at radius 2 is 2.00 bits per heavy atom. The first-order chi connectivity index (χ1) is 8.34. The zero-order valence-electron chi connectivity index (χ0n) is 9.89. The minimum Gasteiger partial charge on any atom is -0.384 e. The molecule has 3 heteroatoms. The van der Waals surface area contributed by atoms with E-state index in [1.54, 1.807) is 0 Å². The van der Waals surface area contributed by atoms with Crippen LogP contribution in [0.5, 0.6) is 0 Å². The van der Waals surface area contributed by atoms with Gasteiger partial charge >= 0.3 is 0 Å². The summed E-state index contributed by atoms with van der Waals surface area (Å²) in [6.45, 7) is 3.08. The fourth-order valence-electron chi connectivity index (χ4n) is 1.55. The summed E-state index contributed by atoms with van der Waals surface area (Å²) in [4.78, 5) is 5.27. The maximum Gasteiger partial charge on any atom is 0.0343 e. The predicted octanol–water partition coefficient (Wildman–Crippen LogP) is 3.59. The summed E-state index contributed by atoms with van der Waals surface area (Å²) in [5.41, 5.74) is 2.48. The van der Waals surface area contributed by atoms with Gasteiger partial charge in [0.2, 0.25) is 0 Å². The second kappa shape index (κ2) is 6.30. The number of hydrogen-bond donors (Lipinski definition) is 1. The highest BCUT2D eigenvalue weighted by Crippen LogP contribution is 2.16. The monoisotopic (exact) mass is 244 g/mol. The number of benzene rings is 1. The molecule has 1 heterocycles. The molecule has 2 aromatic rings. The van der Waals surface area contributed by atoms with Crippen LogP contribution in [0.15, 0.2) is 53.7 Å². The van der Waals surface area contributed by atoms with Gasteiger partial charge in [0.05, 0.1) is 0 Å². The number of pyridine rings is 1. The van der Waals surface area contributed by atoms with Crippen LogP contribution in [0.2, 0.25) is 0 Å². The summed E-state index contributed by atoms with van der Waals surface area (Å²) in [7, 11) is 0. The Balaban J connectivity index is 1.73. The van der Waals surface area contributed by atoms with Crippen molar-refractivity contribution >= 4 is 17.4 Å². The predicted molar refractivity (Wildman–Crippen MR) is 74.6 cm³/mol. The van der Waals surface area contributed by atoms with Gasteiger partial charge in [0.15, 0.2) is 0 Å². The van der Waals surface area contributed by atoms with Gasteiger partial charge in [0.25, 0.3) is 0 Å². The molecule has 0 saturated heterocycles. The average molecular weight is 244 g/mol. The lowest BCUT2D eigenvalue weighted by Gasteiger charge is -2.06. The van der Waals surface area contributed by atoms with Gasteiger partial charge < -0.3 is 5.32 Å². The molecule has 88 valence electrons. The molecule has 2 rings (SSSR count). The van der Waals surface area contributed by atoms with Crippen molar-refractivity contribution in [2.75, 3.05) is 17.6 Å². The first-order valence-corrected chi connectivity index (χ1v) is 6.66. The van der Waals surface area contributed by atoms with Crippen LogP contribution in [0.4, 0.5) is 5.69 Å². The van der Waals surface area contributed by atoms with Crippen molar-refractivity contribution in [2.45, 2.75) is 11.8 Å². The molecule has 0 aliphatic carbocycles. The van der Waals surface area contributed by atoms with Crippen molar-refractivity contribution in [3.05, 3.63) is 54.4 Å². The molecule has 0 bridgehead atoms. The SMILES string of the molecule is Cc1cccc(NCCSc2ccncc2)c1. The molecule has 1 aromatic carbocycles. The molecule has 0 atom stereocenters. The average Bonchev–Trinajstić information content (AvgIpc) is 2.36. The first-order valence-electron chi connectivity index (χ1n) is 5.68. The number of nitrogens with one attached hydrogen (secondary N) is 1. The van der Waals surface area contributed by atoms with E-state index < -0.39 is 0 Å². The Hall–Kier alpha value is -1.48. The summed E-state index contributed by atoms with van der Waals surface area (Å²) in [5, 5.41) is 3.42. The summed E-state index contributed by atoms with van der Waals surface area (Å²) in [6.07, 6.45) is 3.66. The Labute approximate surface area is 106 Å². The van der Waals surface area contributed by atoms with E-state index in [0.29, 0.717) is 0 Å². The van der Waals surface area contributed by atoms with Crippen LogP contribution in [0.1, 0.15) is 5.56 Å². The largest absolute Gasteiger partial charge is 0.384 e. The first kappa shape index (κ1) is 12.0. The van der Waals surface area contributed by atoms with Gasteiger partial charge in [-0.1, -0.05) is 12.1 Å². The van der Waals surface area contributed by atoms with Gasteiger partial charge in [0.1, 0.15) is 0 Å². The van der Waals surface area contributed by atoms with Crippen molar-refractivity contribution in [3.8, 4) is 0 Å². The molecule has 0 radical (unpaired) electrons. The molecule has 2 nitrogen and oxygen atoms in total. The number of rotatable bonds is 5. The van der Waals surface area contributed by atoms with E-state index in [1.165, 1.54) is 16.1 Å². The smallest absolute Gasteiger partial charge is 0.0343 e. The van der Waals surface area contributed by atoms with E-state index in [9.17, 15) is 0 Å². The van der Waals surface area contributed by atoms with E-state index >= 15 is 0 Å². The summed E-state index contributed by atoms with van der Waals surface area (Å²) in [5.74, 6) is 1.05. The molecule has 1 N–H and O–H groups in total. The summed E-state index contributed by atoms with van der Waals surface area (Å²) >= 11 is 1.84. The van der Waals surface area contributed by atoms with Crippen LogP contribution in [-0.2, 0) is 0 Å². The maximum atomic E-state index is 4.00. The van der Waals surface area contributed by atoms with Crippen LogP contribution >= 0.6 is 11.8 Å². The van der Waals surface area contributed by atoms with Gasteiger partial charge in [-0.25, -0.2) is 0 Å². The summed E-state index contributed by atoms with van der Waals surface area (Å²) < 4.78 is 0. The highest BCUT2D eigenvalue weighted by molar-refractivity contribution is 7.99. The molecule has 0 aliphatic rings. The topological polar surface area (TPSA) is 24.9 Å². The van der Waals surface area contributed by atoms with E-state index in [1.807, 2.05) is 36.3 Å². The quantitative estimate of drug-likeness (QED) is 0.642. The zero-order chi connectivity index (χ0) is 11.9. The minimum absolute atomic E-state index is 0.969. The normalized spacial score (nSPS) is 10.2. The number of aromatic nitrogens is 1. The molecule has 0 aliphatic heterocycles. The maximum absolute atomic E-state index is 4.00. The van der Waals surface area contributed by atoms with E-state index in [4.69, 9.17) is 0 Å². The number of aryl methyl sites for hydroxylation is 1. The van der Waals surface area contributed by atoms with Crippen molar-refractivity contribution in [1.29, 1.82) is 0 Å². The lowest BCUT2D eigenvalue weighted by molar-refractivity contribution is 1.21. The zero-order valence-corrected chi connectivity index (χ0v) is 10.7. The second-order valence-electron chi connectivity index (χ2n) is 3.83. The number of anilines is 1. The van der Waals surface area contributed by atoms with Gasteiger partial charge in [-0.15, -0.1) is 11.8 Å². The molecule has 0 fully saturated rings. The molecular weight excluding hydrogens is 228 g/mol. The number of hydrogen-bond acceptors (Lipinski definition) is 3. The Morgan fingerprint density at radius 3 is 2.76 bits per heavy atom. The van der Waals surface area contributed by atoms with Crippen LogP contribution in [0.3, 0.4) is 0 Å². The molecular formula is C14H16N2S. The standard InChI is InChI=1S/C14H16N2S/c1-12-3-2-4-13(11-12)16-9-10-17-14-5-7-15-8-6-14/h2-8,11,16H,9-10H2,1H3. The fourth-order valence-corrected chi connectivity index (χ4v) is 2.31. The molecule has 0 unspecified atom stereocenters. The van der Waals surface area contributed by atoms with E-state index in [2.05, 4.69) is 41.5 Å². The van der Waals surface area contributed by atoms with Crippen LogP contribution in [0, 0.1) is 6.92 Å². The van der Waals surface area contributed by atoms with E-state index in [-0.39, 0.29) is 0 Å². The highest BCUT2D eigenvalue weighted by Gasteiger charge is 1.94. The Morgan fingerprint density at radius 1 is 1.18 bits per heavy atom. The van der Waals surface area contributed by atoms with Crippen molar-refractivity contribution < 1.29 is 0 Å². The van der Waals surface area contributed by atoms with Crippen molar-refractivity contribution in [2.24, 2.45) is 0 Å². The second-order valence-corrected chi connectivity index (χ2v) is 5.00. The fraction of sp³-hybridized carbons (Fsp3) is 0.214. The molecule has 0 amide bonds. The van der Waals surface area contributed by atoms with E-state index in [0.717, 1.165) is 12.3 Å². The van der Waals surface area contributed by atoms with Crippen LogP contribution < -0.4 is 5.32 Å².